The molecule has 0 N–H and O–H groups in total. The van der Waals surface area contributed by atoms with Gasteiger partial charge in [-0.2, -0.15) is 13.2 Å². The quantitative estimate of drug-likeness (QED) is 0.857. The average Bonchev–Trinajstić information content (AvgIpc) is 2.38. The molecule has 0 spiro atoms. The number of hydrogen-bond donors (Lipinski definition) is 1. The van der Waals surface area contributed by atoms with E-state index in [9.17, 15) is 21.6 Å². The lowest BCUT2D eigenvalue weighted by atomic mass is 10.1. The van der Waals surface area contributed by atoms with E-state index in [1.165, 1.54) is 12.1 Å². The maximum absolute atomic E-state index is 12.5. The minimum absolute atomic E-state index is 0.0379. The minimum Gasteiger partial charge on any atom is -0.369 e. The predicted octanol–water partition coefficient (Wildman–Crippen LogP) is 1.40. The monoisotopic (exact) mass is 308 g/mol. The molecule has 1 fully saturated rings. The maximum Gasteiger partial charge on any atom is 0.416 e. The fourth-order valence-corrected chi connectivity index (χ4v) is 2.78. The summed E-state index contributed by atoms with van der Waals surface area (Å²) in [6.07, 6.45) is -4.32. The molecule has 4 nitrogen and oxygen atoms in total. The Kier molecular flexibility index (Phi) is 4.54. The van der Waals surface area contributed by atoms with Gasteiger partial charge < -0.3 is 4.90 Å². The van der Waals surface area contributed by atoms with Crippen molar-refractivity contribution in [2.24, 2.45) is 0 Å². The van der Waals surface area contributed by atoms with Gasteiger partial charge in [-0.1, -0.05) is 0 Å². The summed E-state index contributed by atoms with van der Waals surface area (Å²) in [6.45, 7) is 2.39. The Morgan fingerprint density at radius 1 is 1.00 bits per heavy atom. The highest BCUT2D eigenvalue weighted by Crippen LogP contribution is 2.30. The van der Waals surface area contributed by atoms with Gasteiger partial charge >= 0.3 is 6.18 Å². The van der Waals surface area contributed by atoms with Crippen LogP contribution in [0.4, 0.5) is 18.9 Å². The molecule has 0 radical (unpaired) electrons. The smallest absolute Gasteiger partial charge is 0.369 e. The fraction of sp³-hybridized carbons (Fsp3) is 0.500. The molecule has 0 aliphatic carbocycles. The number of benzene rings is 1. The summed E-state index contributed by atoms with van der Waals surface area (Å²) >= 11 is 0. The van der Waals surface area contributed by atoms with E-state index in [0.717, 1.165) is 17.8 Å². The molecule has 1 aromatic carbocycles. The Morgan fingerprint density at radius 3 is 2.00 bits per heavy atom. The van der Waals surface area contributed by atoms with Gasteiger partial charge in [0.1, 0.15) is 0 Å². The van der Waals surface area contributed by atoms with Crippen molar-refractivity contribution in [2.45, 2.75) is 6.18 Å². The summed E-state index contributed by atoms with van der Waals surface area (Å²) in [5.41, 5.74) is 0.0624. The molecule has 0 amide bonds. The second kappa shape index (κ2) is 6.01. The number of rotatable bonds is 3. The van der Waals surface area contributed by atoms with Crippen LogP contribution in [0.5, 0.6) is 0 Å². The van der Waals surface area contributed by atoms with Crippen molar-refractivity contribution < 1.29 is 21.6 Å². The number of piperazine rings is 1. The Bertz CT molecular complexity index is 512. The van der Waals surface area contributed by atoms with Crippen molar-refractivity contribution in [2.75, 3.05) is 37.0 Å². The molecular weight excluding hydrogens is 293 g/mol. The van der Waals surface area contributed by atoms with Gasteiger partial charge in [0, 0.05) is 31.9 Å². The molecule has 20 heavy (non-hydrogen) atoms. The Hall–Kier alpha value is -1.28. The standard InChI is InChI=1S/C12H15F3N2O2S/c13-12(14,15)10-1-3-11(4-2-10)17-7-5-16(6-8-17)9-20(18)19/h1-4,20H,5-9H2. The minimum atomic E-state index is -4.32. The van der Waals surface area contributed by atoms with Gasteiger partial charge in [0.15, 0.2) is 10.7 Å². The van der Waals surface area contributed by atoms with Crippen LogP contribution in [0.3, 0.4) is 0 Å². The van der Waals surface area contributed by atoms with Crippen LogP contribution in [0.25, 0.3) is 0 Å². The molecule has 1 saturated heterocycles. The molecule has 1 aliphatic heterocycles. The number of nitrogens with zero attached hydrogens (tertiary/aromatic N) is 2. The Morgan fingerprint density at radius 2 is 1.55 bits per heavy atom. The molecule has 2 rings (SSSR count). The maximum atomic E-state index is 12.5. The van der Waals surface area contributed by atoms with Gasteiger partial charge in [-0.15, -0.1) is 0 Å². The number of thiol groups is 1. The second-order valence-corrected chi connectivity index (χ2v) is 5.57. The van der Waals surface area contributed by atoms with Crippen LogP contribution < -0.4 is 4.90 Å². The average molecular weight is 308 g/mol. The number of hydrogen-bond acceptors (Lipinski definition) is 4. The van der Waals surface area contributed by atoms with E-state index in [-0.39, 0.29) is 5.88 Å². The van der Waals surface area contributed by atoms with E-state index in [1.54, 1.807) is 0 Å². The first-order valence-electron chi connectivity index (χ1n) is 6.12. The molecule has 1 aromatic rings. The summed E-state index contributed by atoms with van der Waals surface area (Å²) in [7, 11) is -2.43. The SMILES string of the molecule is O=[SH](=O)CN1CCN(c2ccc(C(F)(F)F)cc2)CC1. The van der Waals surface area contributed by atoms with Crippen LogP contribution in [-0.4, -0.2) is 45.4 Å². The van der Waals surface area contributed by atoms with Crippen molar-refractivity contribution in [1.29, 1.82) is 0 Å². The zero-order valence-corrected chi connectivity index (χ0v) is 11.5. The van der Waals surface area contributed by atoms with E-state index in [4.69, 9.17) is 0 Å². The van der Waals surface area contributed by atoms with Crippen LogP contribution in [0.2, 0.25) is 0 Å². The van der Waals surface area contributed by atoms with E-state index in [1.807, 2.05) is 9.80 Å². The van der Waals surface area contributed by atoms with Gasteiger partial charge in [-0.05, 0) is 24.3 Å². The highest BCUT2D eigenvalue weighted by molar-refractivity contribution is 7.72. The molecule has 1 heterocycles. The first-order chi connectivity index (χ1) is 9.36. The number of halogens is 3. The zero-order valence-electron chi connectivity index (χ0n) is 10.6. The lowest BCUT2D eigenvalue weighted by Gasteiger charge is -2.35. The van der Waals surface area contributed by atoms with Crippen molar-refractivity contribution in [3.05, 3.63) is 29.8 Å². The van der Waals surface area contributed by atoms with E-state index in [2.05, 4.69) is 0 Å². The first-order valence-corrected chi connectivity index (χ1v) is 7.49. The van der Waals surface area contributed by atoms with E-state index < -0.39 is 22.4 Å². The van der Waals surface area contributed by atoms with Crippen LogP contribution in [0, 0.1) is 0 Å². The third-order valence-corrected chi connectivity index (χ3v) is 3.88. The second-order valence-electron chi connectivity index (χ2n) is 4.62. The first kappa shape index (κ1) is 15.1. The van der Waals surface area contributed by atoms with Gasteiger partial charge in [0.25, 0.3) is 0 Å². The molecule has 112 valence electrons. The van der Waals surface area contributed by atoms with Gasteiger partial charge in [-0.3, -0.25) is 4.90 Å². The highest BCUT2D eigenvalue weighted by Gasteiger charge is 2.30. The third kappa shape index (κ3) is 3.86. The van der Waals surface area contributed by atoms with E-state index in [0.29, 0.717) is 26.2 Å². The summed E-state index contributed by atoms with van der Waals surface area (Å²) in [6, 6.07) is 5.03. The summed E-state index contributed by atoms with van der Waals surface area (Å²) in [4.78, 5) is 3.76. The number of alkyl halides is 3. The summed E-state index contributed by atoms with van der Waals surface area (Å²) < 4.78 is 58.6. The Labute approximate surface area is 116 Å². The Balaban J connectivity index is 1.97. The summed E-state index contributed by atoms with van der Waals surface area (Å²) in [5, 5.41) is 0. The van der Waals surface area contributed by atoms with Crippen molar-refractivity contribution in [1.82, 2.24) is 4.90 Å². The highest BCUT2D eigenvalue weighted by atomic mass is 32.2. The van der Waals surface area contributed by atoms with Gasteiger partial charge in [-0.25, -0.2) is 8.42 Å². The number of anilines is 1. The summed E-state index contributed by atoms with van der Waals surface area (Å²) in [5.74, 6) is 0.0379. The van der Waals surface area contributed by atoms with Crippen LogP contribution in [0.1, 0.15) is 5.56 Å². The normalized spacial score (nSPS) is 17.7. The molecule has 0 unspecified atom stereocenters. The van der Waals surface area contributed by atoms with Crippen LogP contribution in [0.15, 0.2) is 24.3 Å². The fourth-order valence-electron chi connectivity index (χ4n) is 2.17. The predicted molar refractivity (Wildman–Crippen MR) is 70.4 cm³/mol. The topological polar surface area (TPSA) is 40.6 Å². The van der Waals surface area contributed by atoms with Crippen molar-refractivity contribution in [3.63, 3.8) is 0 Å². The zero-order chi connectivity index (χ0) is 14.8. The molecule has 1 aliphatic rings. The largest absolute Gasteiger partial charge is 0.416 e. The lowest BCUT2D eigenvalue weighted by Crippen LogP contribution is -2.46. The molecule has 0 atom stereocenters. The van der Waals surface area contributed by atoms with Crippen molar-refractivity contribution in [3.8, 4) is 0 Å². The molecule has 0 saturated carbocycles. The van der Waals surface area contributed by atoms with Gasteiger partial charge in [0.05, 0.1) is 11.4 Å². The van der Waals surface area contributed by atoms with Gasteiger partial charge in [0.2, 0.25) is 0 Å². The van der Waals surface area contributed by atoms with Crippen LogP contribution in [-0.2, 0) is 16.9 Å². The van der Waals surface area contributed by atoms with Crippen molar-refractivity contribution >= 4 is 16.4 Å². The lowest BCUT2D eigenvalue weighted by molar-refractivity contribution is -0.137. The van der Waals surface area contributed by atoms with E-state index >= 15 is 0 Å². The molecule has 8 heteroatoms. The molecule has 0 aromatic heterocycles. The molecule has 0 bridgehead atoms. The molecular formula is C12H15F3N2O2S. The van der Waals surface area contributed by atoms with Crippen LogP contribution >= 0.6 is 0 Å². The third-order valence-electron chi connectivity index (χ3n) is 3.25.